The number of nitrogens with zero attached hydrogens (tertiary/aromatic N) is 5. The number of carboxylic acids is 3. The number of aliphatic carboxylic acids is 3. The summed E-state index contributed by atoms with van der Waals surface area (Å²) < 4.78 is 18.4. The Kier molecular flexibility index (Phi) is 11.7. The van der Waals surface area contributed by atoms with Crippen molar-refractivity contribution in [2.45, 2.75) is 51.4 Å². The molecule has 228 valence electrons. The summed E-state index contributed by atoms with van der Waals surface area (Å²) in [6, 6.07) is 15.5. The fraction of sp³-hybridized carbons (Fsp3) is 0.300. The molecule has 0 aliphatic heterocycles. The summed E-state index contributed by atoms with van der Waals surface area (Å²) in [4.78, 5) is 41.2. The highest BCUT2D eigenvalue weighted by molar-refractivity contribution is 5.88. The second kappa shape index (κ2) is 15.4. The molecule has 43 heavy (non-hydrogen) atoms. The van der Waals surface area contributed by atoms with Crippen LogP contribution >= 0.6 is 0 Å². The molecule has 2 heterocycles. The van der Waals surface area contributed by atoms with E-state index in [1.165, 1.54) is 11.6 Å². The van der Waals surface area contributed by atoms with Gasteiger partial charge in [-0.15, -0.1) is 0 Å². The Bertz CT molecular complexity index is 1470. The lowest BCUT2D eigenvalue weighted by Gasteiger charge is -2.23. The molecule has 0 saturated heterocycles. The lowest BCUT2D eigenvalue weighted by molar-refractivity contribution is -0.170. The summed E-state index contributed by atoms with van der Waals surface area (Å²) in [6.45, 7) is 5.10. The van der Waals surface area contributed by atoms with Crippen LogP contribution in [0, 0.1) is 12.7 Å². The number of rotatable bonds is 14. The molecule has 12 nitrogen and oxygen atoms in total. The highest BCUT2D eigenvalue weighted by Gasteiger charge is 2.40. The number of carboxylic acid groups (broad SMARTS) is 3. The van der Waals surface area contributed by atoms with Crippen LogP contribution < -0.4 is 0 Å². The SMILES string of the molecule is Cc1nccn1-c1ccc(CN(CCCn2ccnc2)Cc2ccccc2F)cc1.O=C(O)CC(O)(CC(=O)O)C(=O)O. The van der Waals surface area contributed by atoms with Gasteiger partial charge in [0.15, 0.2) is 5.60 Å². The maximum atomic E-state index is 14.2. The lowest BCUT2D eigenvalue weighted by Crippen LogP contribution is -2.42. The molecular formula is C30H34FN5O7. The van der Waals surface area contributed by atoms with Crippen molar-refractivity contribution in [3.8, 4) is 5.69 Å². The molecule has 0 atom stereocenters. The number of aromatic nitrogens is 4. The number of hydrogen-bond acceptors (Lipinski definition) is 7. The third-order valence-corrected chi connectivity index (χ3v) is 6.53. The molecule has 0 amide bonds. The van der Waals surface area contributed by atoms with Gasteiger partial charge in [0, 0.05) is 62.2 Å². The Morgan fingerprint density at radius 2 is 1.60 bits per heavy atom. The minimum atomic E-state index is -2.74. The predicted molar refractivity (Wildman–Crippen MR) is 153 cm³/mol. The maximum Gasteiger partial charge on any atom is 0.336 e. The van der Waals surface area contributed by atoms with E-state index in [2.05, 4.69) is 48.3 Å². The van der Waals surface area contributed by atoms with E-state index in [9.17, 15) is 18.8 Å². The number of carbonyl (C=O) groups is 3. The van der Waals surface area contributed by atoms with Gasteiger partial charge in [-0.2, -0.15) is 0 Å². The average molecular weight is 596 g/mol. The first kappa shape index (κ1) is 32.6. The van der Waals surface area contributed by atoms with Gasteiger partial charge >= 0.3 is 17.9 Å². The Labute approximate surface area is 247 Å². The van der Waals surface area contributed by atoms with Gasteiger partial charge in [0.2, 0.25) is 0 Å². The highest BCUT2D eigenvalue weighted by atomic mass is 19.1. The van der Waals surface area contributed by atoms with E-state index >= 15 is 0 Å². The number of aliphatic hydroxyl groups is 1. The van der Waals surface area contributed by atoms with E-state index in [4.69, 9.17) is 20.4 Å². The van der Waals surface area contributed by atoms with Crippen LogP contribution in [-0.4, -0.2) is 74.5 Å². The number of hydrogen-bond donors (Lipinski definition) is 4. The number of aryl methyl sites for hydroxylation is 2. The first-order chi connectivity index (χ1) is 20.5. The molecule has 0 unspecified atom stereocenters. The summed E-state index contributed by atoms with van der Waals surface area (Å²) in [6.07, 6.45) is 8.04. The average Bonchev–Trinajstić information content (AvgIpc) is 3.61. The third kappa shape index (κ3) is 10.2. The van der Waals surface area contributed by atoms with Crippen LogP contribution in [0.4, 0.5) is 4.39 Å². The Hall–Kier alpha value is -4.88. The van der Waals surface area contributed by atoms with Crippen molar-refractivity contribution in [3.63, 3.8) is 0 Å². The zero-order chi connectivity index (χ0) is 31.4. The minimum Gasteiger partial charge on any atom is -0.481 e. The molecule has 0 radical (unpaired) electrons. The van der Waals surface area contributed by atoms with Gasteiger partial charge in [0.1, 0.15) is 11.6 Å². The topological polar surface area (TPSA) is 171 Å². The fourth-order valence-corrected chi connectivity index (χ4v) is 4.36. The summed E-state index contributed by atoms with van der Waals surface area (Å²) in [5, 5.41) is 33.8. The van der Waals surface area contributed by atoms with E-state index in [1.807, 2.05) is 37.8 Å². The highest BCUT2D eigenvalue weighted by Crippen LogP contribution is 2.17. The van der Waals surface area contributed by atoms with E-state index in [0.717, 1.165) is 43.1 Å². The molecular weight excluding hydrogens is 561 g/mol. The molecule has 0 saturated carbocycles. The minimum absolute atomic E-state index is 0.150. The lowest BCUT2D eigenvalue weighted by atomic mass is 9.96. The van der Waals surface area contributed by atoms with Crippen molar-refractivity contribution in [1.82, 2.24) is 24.0 Å². The predicted octanol–water partition coefficient (Wildman–Crippen LogP) is 3.36. The van der Waals surface area contributed by atoms with Crippen molar-refractivity contribution in [2.24, 2.45) is 0 Å². The van der Waals surface area contributed by atoms with Crippen LogP contribution in [0.15, 0.2) is 79.6 Å². The number of benzene rings is 2. The molecule has 4 aromatic rings. The number of halogens is 1. The first-order valence-corrected chi connectivity index (χ1v) is 13.4. The molecule has 0 fully saturated rings. The molecule has 0 bridgehead atoms. The molecule has 0 aliphatic carbocycles. The van der Waals surface area contributed by atoms with Crippen molar-refractivity contribution < 1.29 is 39.2 Å². The van der Waals surface area contributed by atoms with Crippen LogP contribution in [0.5, 0.6) is 0 Å². The van der Waals surface area contributed by atoms with E-state index in [0.29, 0.717) is 6.54 Å². The van der Waals surface area contributed by atoms with Gasteiger partial charge in [0.25, 0.3) is 0 Å². The summed E-state index contributed by atoms with van der Waals surface area (Å²) in [5.74, 6) is -4.21. The third-order valence-electron chi connectivity index (χ3n) is 6.53. The van der Waals surface area contributed by atoms with Crippen LogP contribution in [0.1, 0.15) is 36.2 Å². The van der Waals surface area contributed by atoms with Gasteiger partial charge in [-0.1, -0.05) is 30.3 Å². The van der Waals surface area contributed by atoms with Crippen molar-refractivity contribution in [1.29, 1.82) is 0 Å². The quantitative estimate of drug-likeness (QED) is 0.169. The molecule has 2 aromatic carbocycles. The standard InChI is InChI=1S/C24H26FN5.C6H8O7/c1-20-27-12-16-30(20)23-9-7-21(8-10-23)17-29(14-4-13-28-15-11-26-19-28)18-22-5-2-3-6-24(22)25;7-3(8)1-6(13,5(11)12)2-4(9)10/h2-3,5-12,15-16,19H,4,13-14,17-18H2,1H3;13H,1-2H2,(H,7,8)(H,9,10)(H,11,12). The van der Waals surface area contributed by atoms with Crippen LogP contribution in [0.3, 0.4) is 0 Å². The second-order valence-corrected chi connectivity index (χ2v) is 9.94. The molecule has 0 spiro atoms. The van der Waals surface area contributed by atoms with Crippen molar-refractivity contribution >= 4 is 17.9 Å². The molecule has 0 aliphatic rings. The molecule has 13 heteroatoms. The van der Waals surface area contributed by atoms with Gasteiger partial charge in [0.05, 0.1) is 19.2 Å². The van der Waals surface area contributed by atoms with Crippen LogP contribution in [0.25, 0.3) is 5.69 Å². The van der Waals surface area contributed by atoms with Gasteiger partial charge in [-0.3, -0.25) is 14.5 Å². The Morgan fingerprint density at radius 3 is 2.14 bits per heavy atom. The summed E-state index contributed by atoms with van der Waals surface area (Å²) in [5.41, 5.74) is 0.285. The van der Waals surface area contributed by atoms with Gasteiger partial charge < -0.3 is 29.6 Å². The zero-order valence-electron chi connectivity index (χ0n) is 23.6. The molecule has 4 N–H and O–H groups in total. The Morgan fingerprint density at radius 1 is 0.930 bits per heavy atom. The fourth-order valence-electron chi connectivity index (χ4n) is 4.36. The zero-order valence-corrected chi connectivity index (χ0v) is 23.6. The van der Waals surface area contributed by atoms with Crippen LogP contribution in [-0.2, 0) is 34.0 Å². The van der Waals surface area contributed by atoms with E-state index < -0.39 is 36.4 Å². The Balaban J connectivity index is 0.000000331. The molecule has 4 rings (SSSR count). The normalized spacial score (nSPS) is 11.2. The van der Waals surface area contributed by atoms with Crippen LogP contribution in [0.2, 0.25) is 0 Å². The van der Waals surface area contributed by atoms with Crippen molar-refractivity contribution in [3.05, 3.63) is 102 Å². The van der Waals surface area contributed by atoms with Gasteiger partial charge in [-0.05, 0) is 37.1 Å². The van der Waals surface area contributed by atoms with E-state index in [-0.39, 0.29) is 5.82 Å². The smallest absolute Gasteiger partial charge is 0.336 e. The van der Waals surface area contributed by atoms with Gasteiger partial charge in [-0.25, -0.2) is 19.2 Å². The van der Waals surface area contributed by atoms with E-state index in [1.54, 1.807) is 18.5 Å². The summed E-state index contributed by atoms with van der Waals surface area (Å²) >= 11 is 0. The maximum absolute atomic E-state index is 14.2. The molecule has 2 aromatic heterocycles. The van der Waals surface area contributed by atoms with Crippen molar-refractivity contribution in [2.75, 3.05) is 6.54 Å². The number of imidazole rings is 2. The second-order valence-electron chi connectivity index (χ2n) is 9.94. The summed E-state index contributed by atoms with van der Waals surface area (Å²) in [7, 11) is 0. The monoisotopic (exact) mass is 595 g/mol. The largest absolute Gasteiger partial charge is 0.481 e. The first-order valence-electron chi connectivity index (χ1n) is 13.4.